The van der Waals surface area contributed by atoms with Crippen LogP contribution in [0.5, 0.6) is 0 Å². The second kappa shape index (κ2) is 12.3. The smallest absolute Gasteiger partial charge is 0.0992 e. The first kappa shape index (κ1) is 31.1. The molecule has 3 heteroatoms. The molecule has 0 amide bonds. The van der Waals surface area contributed by atoms with Gasteiger partial charge in [-0.15, -0.1) is 0 Å². The topological polar surface area (TPSA) is 33.3 Å². The van der Waals surface area contributed by atoms with E-state index in [1.165, 1.54) is 69.8 Å². The van der Waals surface area contributed by atoms with Gasteiger partial charge in [0.2, 0.25) is 0 Å². The van der Waals surface area contributed by atoms with Crippen LogP contribution in [-0.2, 0) is 11.3 Å². The molecule has 3 saturated carbocycles. The molecule has 4 fully saturated rings. The van der Waals surface area contributed by atoms with Gasteiger partial charge in [0.1, 0.15) is 0 Å². The summed E-state index contributed by atoms with van der Waals surface area (Å²) in [4.78, 5) is 0. The molecule has 7 unspecified atom stereocenters. The number of para-hydroxylation sites is 1. The third kappa shape index (κ3) is 6.04. The minimum atomic E-state index is 0.146. The maximum absolute atomic E-state index is 6.78. The number of hydrogen-bond acceptors (Lipinski definition) is 3. The Kier molecular flexibility index (Phi) is 8.47. The van der Waals surface area contributed by atoms with Gasteiger partial charge in [0.15, 0.2) is 0 Å². The van der Waals surface area contributed by atoms with E-state index in [1.807, 2.05) is 11.1 Å². The molecule has 0 aromatic heterocycles. The fraction of sp³-hybridized carbons (Fsp3) is 0.619. The van der Waals surface area contributed by atoms with Gasteiger partial charge in [-0.1, -0.05) is 88.2 Å². The average Bonchev–Trinajstić information content (AvgIpc) is 3.35. The number of nitrogens with one attached hydrogen (secondary N) is 2. The van der Waals surface area contributed by atoms with Gasteiger partial charge < -0.3 is 15.4 Å². The number of allylic oxidation sites excluding steroid dienone is 3. The number of benzene rings is 2. The van der Waals surface area contributed by atoms with E-state index in [2.05, 4.69) is 106 Å². The van der Waals surface area contributed by atoms with Gasteiger partial charge in [0, 0.05) is 18.2 Å². The lowest BCUT2D eigenvalue weighted by Crippen LogP contribution is -2.48. The summed E-state index contributed by atoms with van der Waals surface area (Å²) in [5, 5.41) is 7.23. The molecule has 1 aliphatic heterocycles. The van der Waals surface area contributed by atoms with Crippen molar-refractivity contribution in [1.29, 1.82) is 0 Å². The lowest BCUT2D eigenvalue weighted by molar-refractivity contribution is -0.144. The Bertz CT molecular complexity index is 1390. The number of ether oxygens (including phenoxy) is 1. The highest BCUT2D eigenvalue weighted by Gasteiger charge is 2.56. The SMILES string of the molecule is CCC=C(NCc1ccc(C2CC3(C)C(C)CCC3C3CCC4CC5(CCC4=C23)CCC(C)(C)CO5)cc1)Nc1ccccc1. The highest BCUT2D eigenvalue weighted by molar-refractivity contribution is 5.47. The van der Waals surface area contributed by atoms with Crippen LogP contribution in [-0.4, -0.2) is 12.2 Å². The van der Waals surface area contributed by atoms with Crippen molar-refractivity contribution in [1.82, 2.24) is 5.32 Å². The molecule has 7 atom stereocenters. The average molecular weight is 607 g/mol. The summed E-state index contributed by atoms with van der Waals surface area (Å²) >= 11 is 0. The Morgan fingerprint density at radius 1 is 0.911 bits per heavy atom. The number of rotatable bonds is 7. The lowest BCUT2D eigenvalue weighted by atomic mass is 9.50. The van der Waals surface area contributed by atoms with Crippen molar-refractivity contribution < 1.29 is 4.74 Å². The van der Waals surface area contributed by atoms with E-state index in [0.29, 0.717) is 16.7 Å². The van der Waals surface area contributed by atoms with Gasteiger partial charge in [-0.2, -0.15) is 0 Å². The van der Waals surface area contributed by atoms with Crippen LogP contribution in [0.15, 0.2) is 77.6 Å². The van der Waals surface area contributed by atoms with Crippen LogP contribution >= 0.6 is 0 Å². The summed E-state index contributed by atoms with van der Waals surface area (Å²) in [5.74, 6) is 4.88. The van der Waals surface area contributed by atoms with Crippen molar-refractivity contribution in [2.24, 2.45) is 34.5 Å². The van der Waals surface area contributed by atoms with Crippen molar-refractivity contribution in [2.75, 3.05) is 11.9 Å². The minimum absolute atomic E-state index is 0.146. The van der Waals surface area contributed by atoms with Gasteiger partial charge in [-0.25, -0.2) is 0 Å². The Labute approximate surface area is 273 Å². The van der Waals surface area contributed by atoms with E-state index in [0.717, 1.165) is 54.8 Å². The molecule has 7 rings (SSSR count). The van der Waals surface area contributed by atoms with Crippen molar-refractivity contribution in [3.05, 3.63) is 88.8 Å². The number of hydrogen-bond donors (Lipinski definition) is 2. The summed E-state index contributed by atoms with van der Waals surface area (Å²) in [7, 11) is 0. The summed E-state index contributed by atoms with van der Waals surface area (Å²) < 4.78 is 6.78. The van der Waals surface area contributed by atoms with Crippen LogP contribution in [0.1, 0.15) is 122 Å². The number of anilines is 1. The zero-order valence-electron chi connectivity index (χ0n) is 28.8. The van der Waals surface area contributed by atoms with Crippen LogP contribution in [0.4, 0.5) is 5.69 Å². The van der Waals surface area contributed by atoms with Gasteiger partial charge in [-0.05, 0) is 134 Å². The minimum Gasteiger partial charge on any atom is -0.374 e. The zero-order chi connectivity index (χ0) is 31.2. The van der Waals surface area contributed by atoms with Crippen LogP contribution in [0.25, 0.3) is 0 Å². The lowest BCUT2D eigenvalue weighted by Gasteiger charge is -2.56. The predicted octanol–water partition coefficient (Wildman–Crippen LogP) is 10.8. The fourth-order valence-corrected chi connectivity index (χ4v) is 10.4. The molecule has 2 aromatic carbocycles. The highest BCUT2D eigenvalue weighted by Crippen LogP contribution is 2.66. The van der Waals surface area contributed by atoms with E-state index in [1.54, 1.807) is 5.56 Å². The largest absolute Gasteiger partial charge is 0.374 e. The van der Waals surface area contributed by atoms with Gasteiger partial charge >= 0.3 is 0 Å². The second-order valence-corrected chi connectivity index (χ2v) is 16.7. The van der Waals surface area contributed by atoms with Gasteiger partial charge in [0.25, 0.3) is 0 Å². The molecule has 5 aliphatic rings. The molecule has 242 valence electrons. The molecule has 2 aromatic rings. The Hall–Kier alpha value is -2.52. The van der Waals surface area contributed by atoms with Gasteiger partial charge in [0.05, 0.1) is 18.0 Å². The standard InChI is InChI=1S/C42H58N2O/c1-6-10-38(44-33-11-8-7-9-12-33)43-27-30-14-16-31(17-15-30)36-26-41(5)29(2)13-20-37(41)35-19-18-32-25-42(22-21-34(32)39(35)36)24-23-40(3,4)28-45-42/h7-12,14-17,29,32,35-37,43-44H,6,13,18-28H2,1-5H3. The van der Waals surface area contributed by atoms with Crippen molar-refractivity contribution in [2.45, 2.75) is 123 Å². The van der Waals surface area contributed by atoms with E-state index >= 15 is 0 Å². The molecule has 4 aliphatic carbocycles. The Morgan fingerprint density at radius 2 is 1.71 bits per heavy atom. The van der Waals surface area contributed by atoms with E-state index in [9.17, 15) is 0 Å². The molecular formula is C42H58N2O. The van der Waals surface area contributed by atoms with Crippen molar-refractivity contribution >= 4 is 5.69 Å². The van der Waals surface area contributed by atoms with Crippen molar-refractivity contribution in [3.8, 4) is 0 Å². The third-order valence-electron chi connectivity index (χ3n) is 13.3. The predicted molar refractivity (Wildman–Crippen MR) is 188 cm³/mol. The van der Waals surface area contributed by atoms with Crippen LogP contribution in [0, 0.1) is 34.5 Å². The summed E-state index contributed by atoms with van der Waals surface area (Å²) in [6.45, 7) is 14.0. The molecule has 0 radical (unpaired) electrons. The molecule has 1 heterocycles. The third-order valence-corrected chi connectivity index (χ3v) is 13.3. The first-order valence-electron chi connectivity index (χ1n) is 18.4. The molecule has 3 nitrogen and oxygen atoms in total. The van der Waals surface area contributed by atoms with Crippen LogP contribution in [0.3, 0.4) is 0 Å². The fourth-order valence-electron chi connectivity index (χ4n) is 10.4. The summed E-state index contributed by atoms with van der Waals surface area (Å²) in [6.07, 6.45) is 16.6. The summed E-state index contributed by atoms with van der Waals surface area (Å²) in [6, 6.07) is 20.2. The van der Waals surface area contributed by atoms with Crippen molar-refractivity contribution in [3.63, 3.8) is 0 Å². The van der Waals surface area contributed by atoms with Gasteiger partial charge in [-0.3, -0.25) is 0 Å². The highest BCUT2D eigenvalue weighted by atomic mass is 16.5. The normalized spacial score (nSPS) is 35.8. The first-order valence-corrected chi connectivity index (χ1v) is 18.4. The molecule has 1 saturated heterocycles. The van der Waals surface area contributed by atoms with Crippen LogP contribution < -0.4 is 10.6 Å². The first-order chi connectivity index (χ1) is 21.7. The Balaban J connectivity index is 1.13. The molecule has 0 bridgehead atoms. The zero-order valence-corrected chi connectivity index (χ0v) is 28.8. The molecular weight excluding hydrogens is 548 g/mol. The number of fused-ring (bicyclic) bond motifs is 4. The van der Waals surface area contributed by atoms with E-state index in [4.69, 9.17) is 4.74 Å². The van der Waals surface area contributed by atoms with Crippen LogP contribution in [0.2, 0.25) is 0 Å². The quantitative estimate of drug-likeness (QED) is 0.308. The Morgan fingerprint density at radius 3 is 2.44 bits per heavy atom. The molecule has 2 N–H and O–H groups in total. The molecule has 45 heavy (non-hydrogen) atoms. The second-order valence-electron chi connectivity index (χ2n) is 16.7. The summed E-state index contributed by atoms with van der Waals surface area (Å²) in [5.41, 5.74) is 8.76. The molecule has 1 spiro atoms. The van der Waals surface area contributed by atoms with E-state index < -0.39 is 0 Å². The maximum atomic E-state index is 6.78. The monoisotopic (exact) mass is 606 g/mol. The van der Waals surface area contributed by atoms with E-state index in [-0.39, 0.29) is 5.60 Å². The maximum Gasteiger partial charge on any atom is 0.0992 e.